The van der Waals surface area contributed by atoms with Gasteiger partial charge >= 0.3 is 0 Å². The molecule has 0 atom stereocenters. The Bertz CT molecular complexity index is 1090. The van der Waals surface area contributed by atoms with Crippen LogP contribution in [0.25, 0.3) is 17.0 Å². The molecule has 1 fully saturated rings. The third-order valence-electron chi connectivity index (χ3n) is 4.10. The minimum Gasteiger partial charge on any atom is -0.342 e. The first-order chi connectivity index (χ1) is 12.5. The Morgan fingerprint density at radius 3 is 2.69 bits per heavy atom. The topological polar surface area (TPSA) is 51.1 Å². The lowest BCUT2D eigenvalue weighted by atomic mass is 10.1. The lowest BCUT2D eigenvalue weighted by molar-refractivity contribution is -0.115. The van der Waals surface area contributed by atoms with Crippen molar-refractivity contribution in [3.8, 4) is 0 Å². The number of rotatable bonds is 3. The van der Waals surface area contributed by atoms with Crippen LogP contribution in [-0.4, -0.2) is 15.7 Å². The number of hydrogen-bond donors (Lipinski definition) is 1. The van der Waals surface area contributed by atoms with E-state index in [-0.39, 0.29) is 12.1 Å². The molecule has 3 aromatic rings. The molecule has 1 aliphatic rings. The predicted molar refractivity (Wildman–Crippen MR) is 96.5 cm³/mol. The Labute approximate surface area is 151 Å². The van der Waals surface area contributed by atoms with Gasteiger partial charge in [0.25, 0.3) is 11.1 Å². The Morgan fingerprint density at radius 1 is 1.12 bits per heavy atom. The molecule has 0 radical (unpaired) electrons. The number of aromatic nitrogens is 1. The number of nitrogens with zero attached hydrogens (tertiary/aromatic N) is 1. The molecule has 4 nitrogen and oxygen atoms in total. The largest absolute Gasteiger partial charge is 0.342 e. The van der Waals surface area contributed by atoms with Crippen LogP contribution in [0.1, 0.15) is 11.1 Å². The highest BCUT2D eigenvalue weighted by Crippen LogP contribution is 2.30. The first-order valence-electron chi connectivity index (χ1n) is 7.78. The summed E-state index contributed by atoms with van der Waals surface area (Å²) in [6.45, 7) is 0.144. The van der Waals surface area contributed by atoms with Crippen molar-refractivity contribution in [2.75, 3.05) is 0 Å². The van der Waals surface area contributed by atoms with Gasteiger partial charge < -0.3 is 4.57 Å². The molecule has 0 saturated carbocycles. The standard InChI is InChI=1S/C19H12F2N2O2S/c20-13-5-6-15(21)12(7-13)10-23-9-11(14-3-1-2-4-16(14)23)8-17-18(24)22-19(25)26-17/h1-9H,10H2,(H,22,24,25)/b17-8+. The molecular formula is C19H12F2N2O2S. The van der Waals surface area contributed by atoms with Crippen LogP contribution in [0.15, 0.2) is 53.6 Å². The SMILES string of the molecule is O=C1NC(=O)/C(=C\c2cn(Cc3cc(F)ccc3F)c3ccccc23)S1. The number of halogens is 2. The fraction of sp³-hybridized carbons (Fsp3) is 0.0526. The number of carbonyl (C=O) groups is 2. The van der Waals surface area contributed by atoms with Gasteiger partial charge in [0.2, 0.25) is 0 Å². The van der Waals surface area contributed by atoms with E-state index in [4.69, 9.17) is 0 Å². The second-order valence-electron chi connectivity index (χ2n) is 5.82. The van der Waals surface area contributed by atoms with Crippen molar-refractivity contribution in [3.05, 3.63) is 76.3 Å². The van der Waals surface area contributed by atoms with E-state index in [1.165, 1.54) is 6.07 Å². The van der Waals surface area contributed by atoms with Gasteiger partial charge in [-0.2, -0.15) is 0 Å². The summed E-state index contributed by atoms with van der Waals surface area (Å²) in [5.41, 5.74) is 1.77. The third kappa shape index (κ3) is 3.01. The van der Waals surface area contributed by atoms with E-state index < -0.39 is 22.8 Å². The van der Waals surface area contributed by atoms with Crippen LogP contribution in [0.3, 0.4) is 0 Å². The van der Waals surface area contributed by atoms with Crippen LogP contribution in [-0.2, 0) is 11.3 Å². The molecule has 4 rings (SSSR count). The fourth-order valence-electron chi connectivity index (χ4n) is 2.93. The molecule has 2 heterocycles. The van der Waals surface area contributed by atoms with Gasteiger partial charge in [-0.15, -0.1) is 0 Å². The molecule has 0 bridgehead atoms. The van der Waals surface area contributed by atoms with Crippen molar-refractivity contribution in [1.29, 1.82) is 0 Å². The number of imide groups is 1. The summed E-state index contributed by atoms with van der Waals surface area (Å²) in [5.74, 6) is -1.42. The first kappa shape index (κ1) is 16.5. The Balaban J connectivity index is 1.79. The molecule has 1 saturated heterocycles. The Hall–Kier alpha value is -2.93. The summed E-state index contributed by atoms with van der Waals surface area (Å²) < 4.78 is 29.2. The maximum absolute atomic E-state index is 14.0. The van der Waals surface area contributed by atoms with Crippen molar-refractivity contribution in [2.24, 2.45) is 0 Å². The molecule has 7 heteroatoms. The van der Waals surface area contributed by atoms with Crippen LogP contribution >= 0.6 is 11.8 Å². The van der Waals surface area contributed by atoms with Gasteiger partial charge in [0.1, 0.15) is 11.6 Å². The van der Waals surface area contributed by atoms with Crippen LogP contribution in [0.4, 0.5) is 13.6 Å². The van der Waals surface area contributed by atoms with Gasteiger partial charge in [0, 0.05) is 28.2 Å². The van der Waals surface area contributed by atoms with E-state index in [1.807, 2.05) is 24.3 Å². The molecule has 1 N–H and O–H groups in total. The maximum Gasteiger partial charge on any atom is 0.290 e. The average Bonchev–Trinajstić information content (AvgIpc) is 3.11. The quantitative estimate of drug-likeness (QED) is 0.700. The summed E-state index contributed by atoms with van der Waals surface area (Å²) in [4.78, 5) is 23.4. The molecule has 2 amide bonds. The van der Waals surface area contributed by atoms with Crippen LogP contribution in [0, 0.1) is 11.6 Å². The summed E-state index contributed by atoms with van der Waals surface area (Å²) in [7, 11) is 0. The van der Waals surface area contributed by atoms with Crippen LogP contribution in [0.5, 0.6) is 0 Å². The zero-order chi connectivity index (χ0) is 18.3. The Kier molecular flexibility index (Phi) is 4.08. The van der Waals surface area contributed by atoms with Gasteiger partial charge in [0.15, 0.2) is 0 Å². The Morgan fingerprint density at radius 2 is 1.92 bits per heavy atom. The third-order valence-corrected chi connectivity index (χ3v) is 4.91. The summed E-state index contributed by atoms with van der Waals surface area (Å²) in [6, 6.07) is 10.8. The minimum atomic E-state index is -0.502. The van der Waals surface area contributed by atoms with Crippen molar-refractivity contribution in [1.82, 2.24) is 9.88 Å². The lowest BCUT2D eigenvalue weighted by Crippen LogP contribution is -2.17. The molecule has 0 aliphatic carbocycles. The highest BCUT2D eigenvalue weighted by atomic mass is 32.2. The second kappa shape index (κ2) is 6.42. The molecule has 0 unspecified atom stereocenters. The van der Waals surface area contributed by atoms with E-state index >= 15 is 0 Å². The maximum atomic E-state index is 14.0. The molecule has 0 spiro atoms. The van der Waals surface area contributed by atoms with E-state index in [1.54, 1.807) is 16.8 Å². The van der Waals surface area contributed by atoms with Crippen molar-refractivity contribution < 1.29 is 18.4 Å². The highest BCUT2D eigenvalue weighted by molar-refractivity contribution is 8.18. The summed E-state index contributed by atoms with van der Waals surface area (Å²) in [6.07, 6.45) is 3.39. The number of amides is 2. The molecule has 1 aliphatic heterocycles. The van der Waals surface area contributed by atoms with E-state index in [9.17, 15) is 18.4 Å². The van der Waals surface area contributed by atoms with Gasteiger partial charge in [-0.05, 0) is 42.1 Å². The number of thioether (sulfide) groups is 1. The number of fused-ring (bicyclic) bond motifs is 1. The smallest absolute Gasteiger partial charge is 0.290 e. The highest BCUT2D eigenvalue weighted by Gasteiger charge is 2.25. The summed E-state index contributed by atoms with van der Waals surface area (Å²) >= 11 is 0.837. The normalized spacial score (nSPS) is 15.8. The number of nitrogens with one attached hydrogen (secondary N) is 1. The molecule has 130 valence electrons. The van der Waals surface area contributed by atoms with E-state index in [2.05, 4.69) is 5.32 Å². The zero-order valence-corrected chi connectivity index (χ0v) is 14.1. The second-order valence-corrected chi connectivity index (χ2v) is 6.83. The number of carbonyl (C=O) groups excluding carboxylic acids is 2. The zero-order valence-electron chi connectivity index (χ0n) is 13.3. The van der Waals surface area contributed by atoms with Gasteiger partial charge in [-0.25, -0.2) is 8.78 Å². The van der Waals surface area contributed by atoms with E-state index in [0.29, 0.717) is 4.91 Å². The molecule has 26 heavy (non-hydrogen) atoms. The van der Waals surface area contributed by atoms with Crippen molar-refractivity contribution >= 4 is 39.9 Å². The fourth-order valence-corrected chi connectivity index (χ4v) is 3.60. The predicted octanol–water partition coefficient (Wildman–Crippen LogP) is 4.29. The molecular weight excluding hydrogens is 358 g/mol. The first-order valence-corrected chi connectivity index (χ1v) is 8.59. The van der Waals surface area contributed by atoms with Crippen molar-refractivity contribution in [3.63, 3.8) is 0 Å². The van der Waals surface area contributed by atoms with Gasteiger partial charge in [0.05, 0.1) is 11.4 Å². The molecule has 1 aromatic heterocycles. The van der Waals surface area contributed by atoms with Crippen molar-refractivity contribution in [2.45, 2.75) is 6.54 Å². The summed E-state index contributed by atoms with van der Waals surface area (Å²) in [5, 5.41) is 2.66. The average molecular weight is 370 g/mol. The number of benzene rings is 2. The lowest BCUT2D eigenvalue weighted by Gasteiger charge is -2.07. The van der Waals surface area contributed by atoms with Gasteiger partial charge in [-0.3, -0.25) is 14.9 Å². The van der Waals surface area contributed by atoms with Crippen LogP contribution in [0.2, 0.25) is 0 Å². The minimum absolute atomic E-state index is 0.144. The van der Waals surface area contributed by atoms with E-state index in [0.717, 1.165) is 40.4 Å². The molecule has 2 aromatic carbocycles. The monoisotopic (exact) mass is 370 g/mol. The number of para-hydroxylation sites is 1. The van der Waals surface area contributed by atoms with Crippen LogP contribution < -0.4 is 5.32 Å². The van der Waals surface area contributed by atoms with Gasteiger partial charge in [-0.1, -0.05) is 18.2 Å². The number of hydrogen-bond acceptors (Lipinski definition) is 3.